The number of halogens is 2. The molecule has 178 valence electrons. The predicted molar refractivity (Wildman–Crippen MR) is 121 cm³/mol. The monoisotopic (exact) mass is 477 g/mol. The third-order valence-electron chi connectivity index (χ3n) is 6.57. The highest BCUT2D eigenvalue weighted by atomic mass is 35.5. The molecule has 7 nitrogen and oxygen atoms in total. The number of ether oxygens (including phenoxy) is 2. The van der Waals surface area contributed by atoms with Crippen molar-refractivity contribution in [3.63, 3.8) is 0 Å². The molecule has 1 spiro atoms. The van der Waals surface area contributed by atoms with Crippen molar-refractivity contribution in [2.45, 2.75) is 46.1 Å². The molecule has 1 saturated heterocycles. The molecule has 0 bridgehead atoms. The molecule has 4 rings (SSSR count). The molecular formula is C24H29ClFN3O4. The normalized spacial score (nSPS) is 18.4. The number of benzene rings is 1. The highest BCUT2D eigenvalue weighted by Gasteiger charge is 2.39. The summed E-state index contributed by atoms with van der Waals surface area (Å²) in [4.78, 5) is 25.3. The van der Waals surface area contributed by atoms with E-state index < -0.39 is 11.8 Å². The van der Waals surface area contributed by atoms with Crippen LogP contribution in [0.4, 0.5) is 4.39 Å². The third kappa shape index (κ3) is 4.92. The molecule has 0 aliphatic carbocycles. The highest BCUT2D eigenvalue weighted by Crippen LogP contribution is 2.37. The Hall–Kier alpha value is -2.45. The van der Waals surface area contributed by atoms with Crippen LogP contribution in [0.3, 0.4) is 0 Å². The number of carbonyl (C=O) groups is 2. The summed E-state index contributed by atoms with van der Waals surface area (Å²) in [5.74, 6) is -1.48. The van der Waals surface area contributed by atoms with Gasteiger partial charge in [-0.25, -0.2) is 9.18 Å². The minimum absolute atomic E-state index is 0.00298. The number of rotatable bonds is 6. The standard InChI is InChI=1S/C24H29ClFN3O4/c1-3-18-20-19(11-24(14-27-22(20)30)7-9-32-10-8-24)29(28-18)12-15(2)13-33-23(31)16-5-4-6-17(26)21(16)25/h4-6,15H,3,7-14H2,1-2H3,(H,27,30)/t15-/m1/s1. The number of hydrogen-bond donors (Lipinski definition) is 1. The lowest BCUT2D eigenvalue weighted by Crippen LogP contribution is -2.41. The molecule has 1 fully saturated rings. The summed E-state index contributed by atoms with van der Waals surface area (Å²) in [6, 6.07) is 4.05. The lowest BCUT2D eigenvalue weighted by Gasteiger charge is -2.36. The molecule has 3 heterocycles. The van der Waals surface area contributed by atoms with Crippen LogP contribution in [0.5, 0.6) is 0 Å². The van der Waals surface area contributed by atoms with Crippen molar-refractivity contribution >= 4 is 23.5 Å². The van der Waals surface area contributed by atoms with Gasteiger partial charge in [-0.15, -0.1) is 0 Å². The van der Waals surface area contributed by atoms with Crippen LogP contribution < -0.4 is 5.32 Å². The Kier molecular flexibility index (Phi) is 7.05. The molecule has 1 aromatic heterocycles. The first-order valence-electron chi connectivity index (χ1n) is 11.4. The lowest BCUT2D eigenvalue weighted by molar-refractivity contribution is 0.0151. The average Bonchev–Trinajstić information content (AvgIpc) is 3.07. The van der Waals surface area contributed by atoms with E-state index in [1.54, 1.807) is 0 Å². The molecule has 2 aliphatic heterocycles. The minimum atomic E-state index is -0.666. The van der Waals surface area contributed by atoms with E-state index in [4.69, 9.17) is 26.2 Å². The topological polar surface area (TPSA) is 82.5 Å². The summed E-state index contributed by atoms with van der Waals surface area (Å²) < 4.78 is 26.5. The van der Waals surface area contributed by atoms with Gasteiger partial charge in [-0.3, -0.25) is 9.48 Å². The smallest absolute Gasteiger partial charge is 0.339 e. The SMILES string of the molecule is CCc1nn(C[C@@H](C)COC(=O)c2cccc(F)c2Cl)c2c1C(=O)NCC1(CCOCC1)C2. The first-order valence-corrected chi connectivity index (χ1v) is 11.8. The van der Waals surface area contributed by atoms with E-state index in [0.717, 1.165) is 30.7 Å². The van der Waals surface area contributed by atoms with Crippen molar-refractivity contribution in [2.24, 2.45) is 11.3 Å². The van der Waals surface area contributed by atoms with Crippen molar-refractivity contribution in [2.75, 3.05) is 26.4 Å². The zero-order valence-corrected chi connectivity index (χ0v) is 19.7. The van der Waals surface area contributed by atoms with Crippen molar-refractivity contribution in [3.05, 3.63) is 51.6 Å². The molecule has 2 aromatic rings. The number of carbonyl (C=O) groups excluding carboxylic acids is 2. The number of fused-ring (bicyclic) bond motifs is 1. The van der Waals surface area contributed by atoms with Gasteiger partial charge in [0, 0.05) is 32.2 Å². The summed E-state index contributed by atoms with van der Waals surface area (Å²) >= 11 is 5.89. The quantitative estimate of drug-likeness (QED) is 0.640. The number of nitrogens with zero attached hydrogens (tertiary/aromatic N) is 2. The molecule has 0 unspecified atom stereocenters. The molecule has 1 amide bonds. The van der Waals surface area contributed by atoms with E-state index in [9.17, 15) is 14.0 Å². The van der Waals surface area contributed by atoms with E-state index in [2.05, 4.69) is 5.32 Å². The number of hydrogen-bond acceptors (Lipinski definition) is 5. The van der Waals surface area contributed by atoms with Crippen LogP contribution in [0.25, 0.3) is 0 Å². The molecule has 2 aliphatic rings. The number of aryl methyl sites for hydroxylation is 1. The van der Waals surface area contributed by atoms with Crippen molar-refractivity contribution in [1.82, 2.24) is 15.1 Å². The first kappa shape index (κ1) is 23.7. The number of amides is 1. The Morgan fingerprint density at radius 2 is 2.15 bits per heavy atom. The summed E-state index contributed by atoms with van der Waals surface area (Å²) in [7, 11) is 0. The van der Waals surface area contributed by atoms with Gasteiger partial charge in [0.2, 0.25) is 0 Å². The largest absolute Gasteiger partial charge is 0.462 e. The Morgan fingerprint density at radius 1 is 1.39 bits per heavy atom. The predicted octanol–water partition coefficient (Wildman–Crippen LogP) is 3.81. The van der Waals surface area contributed by atoms with Gasteiger partial charge in [-0.05, 0) is 43.2 Å². The summed E-state index contributed by atoms with van der Waals surface area (Å²) in [5, 5.41) is 7.61. The zero-order chi connectivity index (χ0) is 23.6. The van der Waals surface area contributed by atoms with Crippen LogP contribution in [-0.2, 0) is 28.9 Å². The molecule has 1 N–H and O–H groups in total. The molecule has 9 heteroatoms. The maximum atomic E-state index is 13.6. The van der Waals surface area contributed by atoms with Crippen LogP contribution in [0.1, 0.15) is 58.8 Å². The number of esters is 1. The van der Waals surface area contributed by atoms with E-state index in [0.29, 0.717) is 38.3 Å². The average molecular weight is 478 g/mol. The molecule has 33 heavy (non-hydrogen) atoms. The Morgan fingerprint density at radius 3 is 2.88 bits per heavy atom. The Balaban J connectivity index is 1.50. The number of nitrogens with one attached hydrogen (secondary N) is 1. The lowest BCUT2D eigenvalue weighted by atomic mass is 9.76. The molecule has 1 aromatic carbocycles. The van der Waals surface area contributed by atoms with E-state index in [1.807, 2.05) is 18.5 Å². The summed E-state index contributed by atoms with van der Waals surface area (Å²) in [6.45, 7) is 6.56. The molecule has 1 atom stereocenters. The summed E-state index contributed by atoms with van der Waals surface area (Å²) in [5.41, 5.74) is 2.36. The van der Waals surface area contributed by atoms with Crippen molar-refractivity contribution < 1.29 is 23.5 Å². The van der Waals surface area contributed by atoms with Crippen LogP contribution in [-0.4, -0.2) is 48.0 Å². The minimum Gasteiger partial charge on any atom is -0.462 e. The Bertz CT molecular complexity index is 1050. The first-order chi connectivity index (χ1) is 15.8. The maximum Gasteiger partial charge on any atom is 0.339 e. The van der Waals surface area contributed by atoms with Gasteiger partial charge in [-0.2, -0.15) is 5.10 Å². The molecule has 0 saturated carbocycles. The van der Waals surface area contributed by atoms with E-state index >= 15 is 0 Å². The van der Waals surface area contributed by atoms with Gasteiger partial charge >= 0.3 is 5.97 Å². The fourth-order valence-corrected chi connectivity index (χ4v) is 4.83. The van der Waals surface area contributed by atoms with Gasteiger partial charge in [-0.1, -0.05) is 31.5 Å². The second-order valence-electron chi connectivity index (χ2n) is 9.08. The third-order valence-corrected chi connectivity index (χ3v) is 6.95. The van der Waals surface area contributed by atoms with Crippen LogP contribution in [0, 0.1) is 17.2 Å². The fraction of sp³-hybridized carbons (Fsp3) is 0.542. The zero-order valence-electron chi connectivity index (χ0n) is 19.0. The van der Waals surface area contributed by atoms with E-state index in [1.165, 1.54) is 18.2 Å². The van der Waals surface area contributed by atoms with Gasteiger partial charge in [0.15, 0.2) is 0 Å². The van der Waals surface area contributed by atoms with Gasteiger partial charge in [0.25, 0.3) is 5.91 Å². The molecule has 0 radical (unpaired) electrons. The van der Waals surface area contributed by atoms with Crippen LogP contribution in [0.2, 0.25) is 5.02 Å². The van der Waals surface area contributed by atoms with Gasteiger partial charge in [0.1, 0.15) is 5.82 Å². The van der Waals surface area contributed by atoms with Gasteiger partial charge < -0.3 is 14.8 Å². The van der Waals surface area contributed by atoms with Crippen molar-refractivity contribution in [1.29, 1.82) is 0 Å². The molecular weight excluding hydrogens is 449 g/mol. The summed E-state index contributed by atoms with van der Waals surface area (Å²) in [6.07, 6.45) is 3.19. The fourth-order valence-electron chi connectivity index (χ4n) is 4.63. The van der Waals surface area contributed by atoms with Gasteiger partial charge in [0.05, 0.1) is 34.1 Å². The van der Waals surface area contributed by atoms with Crippen molar-refractivity contribution in [3.8, 4) is 0 Å². The van der Waals surface area contributed by atoms with E-state index in [-0.39, 0.29) is 34.4 Å². The van der Waals surface area contributed by atoms with Crippen LogP contribution >= 0.6 is 11.6 Å². The van der Waals surface area contributed by atoms with Crippen LogP contribution in [0.15, 0.2) is 18.2 Å². The Labute approximate surface area is 197 Å². The highest BCUT2D eigenvalue weighted by molar-refractivity contribution is 6.33. The maximum absolute atomic E-state index is 13.6. The second kappa shape index (κ2) is 9.81. The number of aromatic nitrogens is 2. The second-order valence-corrected chi connectivity index (χ2v) is 9.46.